The Morgan fingerprint density at radius 3 is 2.74 bits per heavy atom. The van der Waals surface area contributed by atoms with Crippen LogP contribution in [0.15, 0.2) is 18.2 Å². The Morgan fingerprint density at radius 2 is 2.11 bits per heavy atom. The standard InChI is InChI=1S/C15H21ClN2O/c1-5-19-15(3,4)10-18-13-7-6-11(2)8-12(13)17-14(18)9-16/h6-8H,5,9-10H2,1-4H3. The molecule has 3 nitrogen and oxygen atoms in total. The molecule has 0 bridgehead atoms. The molecule has 0 saturated heterocycles. The summed E-state index contributed by atoms with van der Waals surface area (Å²) in [6, 6.07) is 6.30. The average Bonchev–Trinajstić information content (AvgIpc) is 2.65. The van der Waals surface area contributed by atoms with E-state index < -0.39 is 0 Å². The zero-order valence-electron chi connectivity index (χ0n) is 12.0. The number of halogens is 1. The number of ether oxygens (including phenoxy) is 1. The molecule has 0 radical (unpaired) electrons. The van der Waals surface area contributed by atoms with Crippen molar-refractivity contribution >= 4 is 22.6 Å². The molecule has 1 heterocycles. The molecule has 0 amide bonds. The second kappa shape index (κ2) is 5.51. The number of alkyl halides is 1. The smallest absolute Gasteiger partial charge is 0.124 e. The lowest BCUT2D eigenvalue weighted by Crippen LogP contribution is -2.31. The number of nitrogens with zero attached hydrogens (tertiary/aromatic N) is 2. The lowest BCUT2D eigenvalue weighted by molar-refractivity contribution is -0.0220. The molecule has 0 saturated carbocycles. The van der Waals surface area contributed by atoms with E-state index in [1.165, 1.54) is 5.56 Å². The van der Waals surface area contributed by atoms with Crippen molar-refractivity contribution in [1.82, 2.24) is 9.55 Å². The summed E-state index contributed by atoms with van der Waals surface area (Å²) in [5.74, 6) is 1.31. The first-order valence-electron chi connectivity index (χ1n) is 6.62. The van der Waals surface area contributed by atoms with Gasteiger partial charge >= 0.3 is 0 Å². The van der Waals surface area contributed by atoms with Crippen LogP contribution in [0.1, 0.15) is 32.2 Å². The second-order valence-corrected chi connectivity index (χ2v) is 5.70. The summed E-state index contributed by atoms with van der Waals surface area (Å²) in [6.45, 7) is 9.73. The molecule has 4 heteroatoms. The summed E-state index contributed by atoms with van der Waals surface area (Å²) in [4.78, 5) is 4.61. The van der Waals surface area contributed by atoms with Crippen LogP contribution in [0.25, 0.3) is 11.0 Å². The maximum absolute atomic E-state index is 6.03. The van der Waals surface area contributed by atoms with Gasteiger partial charge in [-0.1, -0.05) is 6.07 Å². The Labute approximate surface area is 119 Å². The van der Waals surface area contributed by atoms with Crippen molar-refractivity contribution in [2.24, 2.45) is 0 Å². The number of aryl methyl sites for hydroxylation is 1. The largest absolute Gasteiger partial charge is 0.374 e. The number of imidazole rings is 1. The molecule has 0 atom stereocenters. The Balaban J connectivity index is 2.46. The van der Waals surface area contributed by atoms with Crippen LogP contribution in [0.4, 0.5) is 0 Å². The molecule has 2 aromatic rings. The molecule has 0 aliphatic rings. The number of hydrogen-bond donors (Lipinski definition) is 0. The molecule has 0 aliphatic heterocycles. The zero-order chi connectivity index (χ0) is 14.0. The third-order valence-electron chi connectivity index (χ3n) is 3.18. The molecule has 0 unspecified atom stereocenters. The van der Waals surface area contributed by atoms with E-state index in [2.05, 4.69) is 48.5 Å². The van der Waals surface area contributed by atoms with Gasteiger partial charge in [0.15, 0.2) is 0 Å². The molecule has 1 aromatic heterocycles. The van der Waals surface area contributed by atoms with Crippen LogP contribution in [0.2, 0.25) is 0 Å². The van der Waals surface area contributed by atoms with Crippen molar-refractivity contribution in [1.29, 1.82) is 0 Å². The molecule has 0 fully saturated rings. The van der Waals surface area contributed by atoms with E-state index in [0.29, 0.717) is 12.5 Å². The lowest BCUT2D eigenvalue weighted by Gasteiger charge is -2.26. The SMILES string of the molecule is CCOC(C)(C)Cn1c(CCl)nc2cc(C)ccc21. The number of fused-ring (bicyclic) bond motifs is 1. The van der Waals surface area contributed by atoms with Gasteiger partial charge in [-0.15, -0.1) is 11.6 Å². The van der Waals surface area contributed by atoms with Gasteiger partial charge in [0.05, 0.1) is 29.1 Å². The van der Waals surface area contributed by atoms with Crippen LogP contribution in [-0.2, 0) is 17.2 Å². The van der Waals surface area contributed by atoms with Gasteiger partial charge in [-0.2, -0.15) is 0 Å². The zero-order valence-corrected chi connectivity index (χ0v) is 12.8. The molecule has 0 aliphatic carbocycles. The second-order valence-electron chi connectivity index (χ2n) is 5.43. The van der Waals surface area contributed by atoms with Crippen molar-refractivity contribution in [3.8, 4) is 0 Å². The Hall–Kier alpha value is -1.06. The van der Waals surface area contributed by atoms with Crippen molar-refractivity contribution in [2.45, 2.75) is 45.7 Å². The Bertz CT molecular complexity index is 575. The van der Waals surface area contributed by atoms with Crippen LogP contribution >= 0.6 is 11.6 Å². The molecule has 0 spiro atoms. The molecular weight excluding hydrogens is 260 g/mol. The first-order chi connectivity index (χ1) is 8.96. The molecule has 1 aromatic carbocycles. The van der Waals surface area contributed by atoms with Gasteiger partial charge in [0.25, 0.3) is 0 Å². The van der Waals surface area contributed by atoms with Gasteiger partial charge in [-0.05, 0) is 45.4 Å². The van der Waals surface area contributed by atoms with E-state index in [4.69, 9.17) is 16.3 Å². The minimum atomic E-state index is -0.228. The molecule has 19 heavy (non-hydrogen) atoms. The normalized spacial score (nSPS) is 12.3. The average molecular weight is 281 g/mol. The fourth-order valence-electron chi connectivity index (χ4n) is 2.39. The van der Waals surface area contributed by atoms with E-state index in [-0.39, 0.29) is 5.60 Å². The van der Waals surface area contributed by atoms with Crippen LogP contribution < -0.4 is 0 Å². The van der Waals surface area contributed by atoms with E-state index in [9.17, 15) is 0 Å². The van der Waals surface area contributed by atoms with Crippen LogP contribution in [-0.4, -0.2) is 21.8 Å². The van der Waals surface area contributed by atoms with Gasteiger partial charge in [0, 0.05) is 6.61 Å². The summed E-state index contributed by atoms with van der Waals surface area (Å²) < 4.78 is 7.95. The monoisotopic (exact) mass is 280 g/mol. The quantitative estimate of drug-likeness (QED) is 0.777. The molecule has 2 rings (SSSR count). The van der Waals surface area contributed by atoms with Gasteiger partial charge in [-0.25, -0.2) is 4.98 Å². The fraction of sp³-hybridized carbons (Fsp3) is 0.533. The minimum Gasteiger partial charge on any atom is -0.374 e. The maximum Gasteiger partial charge on any atom is 0.124 e. The summed E-state index contributed by atoms with van der Waals surface area (Å²) >= 11 is 6.03. The van der Waals surface area contributed by atoms with Crippen molar-refractivity contribution in [3.63, 3.8) is 0 Å². The number of aromatic nitrogens is 2. The predicted molar refractivity (Wildman–Crippen MR) is 79.7 cm³/mol. The van der Waals surface area contributed by atoms with Crippen molar-refractivity contribution in [3.05, 3.63) is 29.6 Å². The highest BCUT2D eigenvalue weighted by molar-refractivity contribution is 6.16. The van der Waals surface area contributed by atoms with E-state index in [0.717, 1.165) is 23.4 Å². The number of benzene rings is 1. The van der Waals surface area contributed by atoms with E-state index in [1.807, 2.05) is 6.92 Å². The van der Waals surface area contributed by atoms with Crippen molar-refractivity contribution in [2.75, 3.05) is 6.61 Å². The number of rotatable bonds is 5. The summed E-state index contributed by atoms with van der Waals surface area (Å²) in [7, 11) is 0. The molecule has 104 valence electrons. The van der Waals surface area contributed by atoms with Crippen molar-refractivity contribution < 1.29 is 4.74 Å². The van der Waals surface area contributed by atoms with Gasteiger partial charge in [-0.3, -0.25) is 0 Å². The Morgan fingerprint density at radius 1 is 1.37 bits per heavy atom. The van der Waals surface area contributed by atoms with Crippen LogP contribution in [0.3, 0.4) is 0 Å². The highest BCUT2D eigenvalue weighted by Gasteiger charge is 2.21. The highest BCUT2D eigenvalue weighted by Crippen LogP contribution is 2.23. The lowest BCUT2D eigenvalue weighted by atomic mass is 10.1. The molecular formula is C15H21ClN2O. The summed E-state index contributed by atoms with van der Waals surface area (Å²) in [5, 5.41) is 0. The maximum atomic E-state index is 6.03. The van der Waals surface area contributed by atoms with Gasteiger partial charge in [0.2, 0.25) is 0 Å². The summed E-state index contributed by atoms with van der Waals surface area (Å²) in [5.41, 5.74) is 3.10. The van der Waals surface area contributed by atoms with E-state index in [1.54, 1.807) is 0 Å². The Kier molecular flexibility index (Phi) is 4.16. The minimum absolute atomic E-state index is 0.228. The van der Waals surface area contributed by atoms with Crippen LogP contribution in [0.5, 0.6) is 0 Å². The first kappa shape index (κ1) is 14.4. The third kappa shape index (κ3) is 3.10. The first-order valence-corrected chi connectivity index (χ1v) is 7.16. The van der Waals surface area contributed by atoms with Gasteiger partial charge < -0.3 is 9.30 Å². The predicted octanol–water partition coefficient (Wildman–Crippen LogP) is 3.90. The van der Waals surface area contributed by atoms with E-state index >= 15 is 0 Å². The third-order valence-corrected chi connectivity index (χ3v) is 3.42. The topological polar surface area (TPSA) is 27.1 Å². The number of hydrogen-bond acceptors (Lipinski definition) is 2. The molecule has 0 N–H and O–H groups in total. The van der Waals surface area contributed by atoms with Gasteiger partial charge in [0.1, 0.15) is 5.82 Å². The summed E-state index contributed by atoms with van der Waals surface area (Å²) in [6.07, 6.45) is 0. The fourth-order valence-corrected chi connectivity index (χ4v) is 2.59. The van der Waals surface area contributed by atoms with Crippen LogP contribution in [0, 0.1) is 6.92 Å². The highest BCUT2D eigenvalue weighted by atomic mass is 35.5.